The van der Waals surface area contributed by atoms with Crippen molar-refractivity contribution in [3.05, 3.63) is 12.2 Å². The van der Waals surface area contributed by atoms with Crippen LogP contribution in [0.5, 0.6) is 0 Å². The lowest BCUT2D eigenvalue weighted by Gasteiger charge is -2.39. The molecule has 120 valence electrons. The predicted octanol–water partition coefficient (Wildman–Crippen LogP) is 3.02. The molecular formula is C14H19F3O4. The maximum absolute atomic E-state index is 13.6. The van der Waals surface area contributed by atoms with Crippen molar-refractivity contribution in [1.29, 1.82) is 0 Å². The monoisotopic (exact) mass is 308 g/mol. The summed E-state index contributed by atoms with van der Waals surface area (Å²) in [7, 11) is 0. The van der Waals surface area contributed by atoms with E-state index in [9.17, 15) is 22.8 Å². The predicted molar refractivity (Wildman–Crippen MR) is 68.2 cm³/mol. The molecule has 0 aliphatic heterocycles. The fourth-order valence-electron chi connectivity index (χ4n) is 2.53. The Morgan fingerprint density at radius 1 is 1.24 bits per heavy atom. The van der Waals surface area contributed by atoms with E-state index in [1.807, 2.05) is 0 Å². The van der Waals surface area contributed by atoms with Crippen molar-refractivity contribution in [2.24, 2.45) is 11.3 Å². The molecule has 0 saturated carbocycles. The Hall–Kier alpha value is -1.53. The number of allylic oxidation sites excluding steroid dienone is 2. The molecule has 0 fully saturated rings. The summed E-state index contributed by atoms with van der Waals surface area (Å²) in [4.78, 5) is 23.5. The average Bonchev–Trinajstić information content (AvgIpc) is 2.38. The van der Waals surface area contributed by atoms with Gasteiger partial charge in [0.1, 0.15) is 5.41 Å². The summed E-state index contributed by atoms with van der Waals surface area (Å²) in [5, 5.41) is 0. The van der Waals surface area contributed by atoms with Crippen molar-refractivity contribution in [1.82, 2.24) is 0 Å². The van der Waals surface area contributed by atoms with Crippen LogP contribution in [0.3, 0.4) is 0 Å². The van der Waals surface area contributed by atoms with Crippen molar-refractivity contribution in [2.45, 2.75) is 39.3 Å². The van der Waals surface area contributed by atoms with E-state index in [0.29, 0.717) is 6.42 Å². The minimum absolute atomic E-state index is 0.00571. The highest BCUT2D eigenvalue weighted by Crippen LogP contribution is 2.52. The molecular weight excluding hydrogens is 289 g/mol. The van der Waals surface area contributed by atoms with E-state index < -0.39 is 35.9 Å². The lowest BCUT2D eigenvalue weighted by atomic mass is 9.67. The second-order valence-corrected chi connectivity index (χ2v) is 4.80. The van der Waals surface area contributed by atoms with Crippen LogP contribution in [0.15, 0.2) is 12.2 Å². The van der Waals surface area contributed by atoms with Crippen LogP contribution >= 0.6 is 0 Å². The van der Waals surface area contributed by atoms with Crippen LogP contribution in [0.25, 0.3) is 0 Å². The molecule has 0 radical (unpaired) electrons. The summed E-state index contributed by atoms with van der Waals surface area (Å²) in [6, 6.07) is 0. The molecule has 1 aliphatic rings. The molecule has 1 rings (SSSR count). The molecule has 0 spiro atoms. The van der Waals surface area contributed by atoms with Crippen LogP contribution in [-0.2, 0) is 19.1 Å². The smallest absolute Gasteiger partial charge is 0.399 e. The molecule has 0 heterocycles. The molecule has 0 saturated heterocycles. The van der Waals surface area contributed by atoms with Gasteiger partial charge in [-0.15, -0.1) is 0 Å². The van der Waals surface area contributed by atoms with Crippen molar-refractivity contribution < 1.29 is 32.2 Å². The number of carbonyl (C=O) groups is 2. The van der Waals surface area contributed by atoms with E-state index in [1.165, 1.54) is 19.9 Å². The zero-order valence-corrected chi connectivity index (χ0v) is 12.0. The third kappa shape index (κ3) is 3.77. The molecule has 1 aliphatic carbocycles. The number of hydrogen-bond donors (Lipinski definition) is 0. The fourth-order valence-corrected chi connectivity index (χ4v) is 2.53. The minimum Gasteiger partial charge on any atom is -0.466 e. The van der Waals surface area contributed by atoms with Gasteiger partial charge in [0.15, 0.2) is 0 Å². The van der Waals surface area contributed by atoms with Gasteiger partial charge in [-0.05, 0) is 26.7 Å². The first-order valence-corrected chi connectivity index (χ1v) is 6.85. The van der Waals surface area contributed by atoms with E-state index in [2.05, 4.69) is 4.74 Å². The van der Waals surface area contributed by atoms with Gasteiger partial charge in [0, 0.05) is 0 Å². The van der Waals surface area contributed by atoms with Gasteiger partial charge >= 0.3 is 18.1 Å². The maximum Gasteiger partial charge on any atom is 0.399 e. The van der Waals surface area contributed by atoms with Crippen LogP contribution < -0.4 is 0 Å². The number of carbonyl (C=O) groups excluding carboxylic acids is 2. The van der Waals surface area contributed by atoms with Gasteiger partial charge in [-0.1, -0.05) is 12.2 Å². The Bertz CT molecular complexity index is 417. The topological polar surface area (TPSA) is 52.6 Å². The second kappa shape index (κ2) is 6.95. The highest BCUT2D eigenvalue weighted by Gasteiger charge is 2.61. The lowest BCUT2D eigenvalue weighted by molar-refractivity contribution is -0.234. The van der Waals surface area contributed by atoms with Crippen molar-refractivity contribution >= 4 is 11.9 Å². The highest BCUT2D eigenvalue weighted by atomic mass is 19.4. The standard InChI is InChI=1S/C14H19F3O4/c1-3-20-11(18)9-13(14(15,16)17)8-6-5-7-10(13)12(19)21-4-2/h6,8,10H,3-5,7,9H2,1-2H3/t10-,13-/m1/s1. The molecule has 0 amide bonds. The van der Waals surface area contributed by atoms with E-state index in [-0.39, 0.29) is 19.6 Å². The molecule has 2 atom stereocenters. The first-order valence-electron chi connectivity index (χ1n) is 6.85. The van der Waals surface area contributed by atoms with Gasteiger partial charge in [0.05, 0.1) is 25.6 Å². The van der Waals surface area contributed by atoms with E-state index in [1.54, 1.807) is 0 Å². The quantitative estimate of drug-likeness (QED) is 0.579. The van der Waals surface area contributed by atoms with Gasteiger partial charge in [0.25, 0.3) is 0 Å². The van der Waals surface area contributed by atoms with Gasteiger partial charge in [-0.3, -0.25) is 9.59 Å². The summed E-state index contributed by atoms with van der Waals surface area (Å²) in [6.07, 6.45) is -3.06. The first kappa shape index (κ1) is 17.5. The summed E-state index contributed by atoms with van der Waals surface area (Å²) in [5.41, 5.74) is -2.55. The number of esters is 2. The zero-order chi connectivity index (χ0) is 16.1. The van der Waals surface area contributed by atoms with Crippen molar-refractivity contribution in [2.75, 3.05) is 13.2 Å². The molecule has 7 heteroatoms. The van der Waals surface area contributed by atoms with Gasteiger partial charge in [0.2, 0.25) is 0 Å². The van der Waals surface area contributed by atoms with Gasteiger partial charge in [-0.2, -0.15) is 13.2 Å². The van der Waals surface area contributed by atoms with Crippen LogP contribution in [0.2, 0.25) is 0 Å². The number of hydrogen-bond acceptors (Lipinski definition) is 4. The zero-order valence-electron chi connectivity index (χ0n) is 12.0. The van der Waals surface area contributed by atoms with E-state index >= 15 is 0 Å². The molecule has 4 nitrogen and oxygen atoms in total. The van der Waals surface area contributed by atoms with Crippen LogP contribution in [0.4, 0.5) is 13.2 Å². The second-order valence-electron chi connectivity index (χ2n) is 4.80. The van der Waals surface area contributed by atoms with Crippen molar-refractivity contribution in [3.63, 3.8) is 0 Å². The minimum atomic E-state index is -4.74. The molecule has 0 unspecified atom stereocenters. The molecule has 0 aromatic heterocycles. The van der Waals surface area contributed by atoms with E-state index in [4.69, 9.17) is 4.74 Å². The van der Waals surface area contributed by atoms with E-state index in [0.717, 1.165) is 6.08 Å². The first-order chi connectivity index (χ1) is 9.78. The highest BCUT2D eigenvalue weighted by molar-refractivity contribution is 5.77. The molecule has 0 N–H and O–H groups in total. The summed E-state index contributed by atoms with van der Waals surface area (Å²) < 4.78 is 50.1. The van der Waals surface area contributed by atoms with Crippen LogP contribution in [0, 0.1) is 11.3 Å². The summed E-state index contributed by atoms with van der Waals surface area (Å²) in [5.74, 6) is -3.33. The number of rotatable bonds is 5. The molecule has 0 bridgehead atoms. The largest absolute Gasteiger partial charge is 0.466 e. The Kier molecular flexibility index (Phi) is 5.80. The lowest BCUT2D eigenvalue weighted by Crippen LogP contribution is -2.49. The number of ether oxygens (including phenoxy) is 2. The Labute approximate surface area is 121 Å². The summed E-state index contributed by atoms with van der Waals surface area (Å²) in [6.45, 7) is 3.02. The normalized spacial score (nSPS) is 25.5. The Balaban J connectivity index is 3.18. The summed E-state index contributed by atoms with van der Waals surface area (Å²) >= 11 is 0. The third-order valence-corrected chi connectivity index (χ3v) is 3.50. The Morgan fingerprint density at radius 2 is 1.86 bits per heavy atom. The number of alkyl halides is 3. The van der Waals surface area contributed by atoms with Gasteiger partial charge < -0.3 is 9.47 Å². The van der Waals surface area contributed by atoms with Crippen LogP contribution in [-0.4, -0.2) is 31.3 Å². The van der Waals surface area contributed by atoms with Gasteiger partial charge in [-0.25, -0.2) is 0 Å². The van der Waals surface area contributed by atoms with Crippen LogP contribution in [0.1, 0.15) is 33.1 Å². The average molecular weight is 308 g/mol. The fraction of sp³-hybridized carbons (Fsp3) is 0.714. The SMILES string of the molecule is CCOC(=O)C[C@]1(C(F)(F)F)C=CCC[C@@H]1C(=O)OCC. The van der Waals surface area contributed by atoms with Crippen molar-refractivity contribution in [3.8, 4) is 0 Å². The Morgan fingerprint density at radius 3 is 2.38 bits per heavy atom. The maximum atomic E-state index is 13.6. The third-order valence-electron chi connectivity index (χ3n) is 3.50. The number of halogens is 3. The molecule has 0 aromatic rings. The molecule has 21 heavy (non-hydrogen) atoms. The molecule has 0 aromatic carbocycles.